The first-order valence-corrected chi connectivity index (χ1v) is 5.73. The first kappa shape index (κ1) is 14.3. The summed E-state index contributed by atoms with van der Waals surface area (Å²) < 4.78 is 4.50. The summed E-state index contributed by atoms with van der Waals surface area (Å²) in [5.41, 5.74) is 1.47. The zero-order chi connectivity index (χ0) is 13.7. The van der Waals surface area contributed by atoms with E-state index in [0.29, 0.717) is 10.7 Å². The second kappa shape index (κ2) is 6.26. The van der Waals surface area contributed by atoms with Crippen molar-refractivity contribution in [1.82, 2.24) is 5.32 Å². The van der Waals surface area contributed by atoms with Crippen LogP contribution < -0.4 is 10.6 Å². The van der Waals surface area contributed by atoms with Crippen LogP contribution in [0.1, 0.15) is 12.5 Å². The summed E-state index contributed by atoms with van der Waals surface area (Å²) in [6.45, 7) is 3.38. The number of carbonyl (C=O) groups is 2. The topological polar surface area (TPSA) is 67.4 Å². The number of anilines is 1. The van der Waals surface area contributed by atoms with Crippen LogP contribution in [0.3, 0.4) is 0 Å². The third-order valence-corrected chi connectivity index (χ3v) is 2.59. The zero-order valence-electron chi connectivity index (χ0n) is 10.4. The predicted octanol–water partition coefficient (Wildman–Crippen LogP) is 2.33. The van der Waals surface area contributed by atoms with Crippen LogP contribution in [-0.4, -0.2) is 25.2 Å². The van der Waals surface area contributed by atoms with Crippen molar-refractivity contribution in [2.24, 2.45) is 0 Å². The number of hydrogen-bond acceptors (Lipinski definition) is 3. The molecule has 0 aliphatic heterocycles. The lowest BCUT2D eigenvalue weighted by molar-refractivity contribution is -0.142. The van der Waals surface area contributed by atoms with Crippen molar-refractivity contribution < 1.29 is 14.3 Å². The number of nitrogens with one attached hydrogen (secondary N) is 2. The highest BCUT2D eigenvalue weighted by Crippen LogP contribution is 2.19. The van der Waals surface area contributed by atoms with Crippen molar-refractivity contribution in [3.05, 3.63) is 28.8 Å². The fraction of sp³-hybridized carbons (Fsp3) is 0.333. The van der Waals surface area contributed by atoms with Crippen molar-refractivity contribution in [2.45, 2.75) is 19.9 Å². The van der Waals surface area contributed by atoms with Crippen LogP contribution in [0, 0.1) is 6.92 Å². The van der Waals surface area contributed by atoms with E-state index in [9.17, 15) is 9.59 Å². The number of carbonyl (C=O) groups excluding carboxylic acids is 2. The van der Waals surface area contributed by atoms with E-state index in [-0.39, 0.29) is 0 Å². The van der Waals surface area contributed by atoms with E-state index in [1.165, 1.54) is 14.0 Å². The summed E-state index contributed by atoms with van der Waals surface area (Å²) in [5, 5.41) is 5.60. The molecule has 1 atom stereocenters. The Morgan fingerprint density at radius 3 is 2.67 bits per heavy atom. The minimum atomic E-state index is -0.713. The van der Waals surface area contributed by atoms with Crippen LogP contribution in [0.15, 0.2) is 18.2 Å². The second-order valence-electron chi connectivity index (χ2n) is 3.80. The zero-order valence-corrected chi connectivity index (χ0v) is 11.2. The molecule has 0 fully saturated rings. The number of methoxy groups -OCH3 is 1. The van der Waals surface area contributed by atoms with Gasteiger partial charge < -0.3 is 15.4 Å². The lowest BCUT2D eigenvalue weighted by atomic mass is 10.2. The molecule has 0 aliphatic carbocycles. The molecule has 1 aromatic rings. The largest absolute Gasteiger partial charge is 0.467 e. The molecule has 0 radical (unpaired) electrons. The molecule has 98 valence electrons. The fourth-order valence-corrected chi connectivity index (χ4v) is 1.49. The van der Waals surface area contributed by atoms with E-state index in [0.717, 1.165) is 5.56 Å². The van der Waals surface area contributed by atoms with E-state index in [1.807, 2.05) is 6.92 Å². The van der Waals surface area contributed by atoms with Gasteiger partial charge in [0.05, 0.1) is 7.11 Å². The SMILES string of the molecule is COC(=O)[C@@H](C)NC(=O)Nc1cc(Cl)ccc1C. The fourth-order valence-electron chi connectivity index (χ4n) is 1.32. The summed E-state index contributed by atoms with van der Waals surface area (Å²) in [5.74, 6) is -0.507. The standard InChI is InChI=1S/C12H15ClN2O3/c1-7-4-5-9(13)6-10(7)15-12(17)14-8(2)11(16)18-3/h4-6,8H,1-3H3,(H2,14,15,17)/t8-/m1/s1. The average molecular weight is 271 g/mol. The van der Waals surface area contributed by atoms with Crippen LogP contribution >= 0.6 is 11.6 Å². The van der Waals surface area contributed by atoms with Gasteiger partial charge in [0.1, 0.15) is 6.04 Å². The lowest BCUT2D eigenvalue weighted by Crippen LogP contribution is -2.41. The number of halogens is 1. The molecule has 5 nitrogen and oxygen atoms in total. The van der Waals surface area contributed by atoms with Gasteiger partial charge in [-0.2, -0.15) is 0 Å². The first-order chi connectivity index (χ1) is 8.43. The van der Waals surface area contributed by atoms with E-state index >= 15 is 0 Å². The van der Waals surface area contributed by atoms with Gasteiger partial charge in [-0.3, -0.25) is 0 Å². The van der Waals surface area contributed by atoms with Crippen LogP contribution in [0.25, 0.3) is 0 Å². The van der Waals surface area contributed by atoms with Crippen molar-refractivity contribution in [3.8, 4) is 0 Å². The van der Waals surface area contributed by atoms with Gasteiger partial charge in [0, 0.05) is 10.7 Å². The quantitative estimate of drug-likeness (QED) is 0.829. The number of esters is 1. The minimum Gasteiger partial charge on any atom is -0.467 e. The molecule has 2 amide bonds. The maximum atomic E-state index is 11.6. The maximum Gasteiger partial charge on any atom is 0.328 e. The number of amides is 2. The minimum absolute atomic E-state index is 0.488. The smallest absolute Gasteiger partial charge is 0.328 e. The molecule has 0 saturated carbocycles. The molecule has 0 aliphatic rings. The molecule has 0 unspecified atom stereocenters. The monoisotopic (exact) mass is 270 g/mol. The van der Waals surface area contributed by atoms with Crippen LogP contribution in [-0.2, 0) is 9.53 Å². The van der Waals surface area contributed by atoms with Crippen LogP contribution in [0.4, 0.5) is 10.5 Å². The number of hydrogen-bond donors (Lipinski definition) is 2. The molecule has 6 heteroatoms. The molecular formula is C12H15ClN2O3. The Kier molecular flexibility index (Phi) is 4.97. The molecule has 0 heterocycles. The Labute approximate surface area is 110 Å². The Balaban J connectivity index is 2.65. The van der Waals surface area contributed by atoms with Crippen LogP contribution in [0.5, 0.6) is 0 Å². The number of urea groups is 1. The molecule has 18 heavy (non-hydrogen) atoms. The Bertz CT molecular complexity index is 463. The number of ether oxygens (including phenoxy) is 1. The van der Waals surface area contributed by atoms with Crippen molar-refractivity contribution in [1.29, 1.82) is 0 Å². The number of aryl methyl sites for hydroxylation is 1. The third kappa shape index (κ3) is 3.92. The molecular weight excluding hydrogens is 256 g/mol. The molecule has 1 rings (SSSR count). The molecule has 1 aromatic carbocycles. The highest BCUT2D eigenvalue weighted by Gasteiger charge is 2.16. The summed E-state index contributed by atoms with van der Waals surface area (Å²) in [6.07, 6.45) is 0. The molecule has 0 aromatic heterocycles. The average Bonchev–Trinajstić information content (AvgIpc) is 2.32. The lowest BCUT2D eigenvalue weighted by Gasteiger charge is -2.13. The van der Waals surface area contributed by atoms with E-state index < -0.39 is 18.0 Å². The van der Waals surface area contributed by atoms with Gasteiger partial charge in [-0.25, -0.2) is 9.59 Å². The van der Waals surface area contributed by atoms with Gasteiger partial charge >= 0.3 is 12.0 Å². The Hall–Kier alpha value is -1.75. The Morgan fingerprint density at radius 1 is 1.39 bits per heavy atom. The molecule has 0 bridgehead atoms. The van der Waals surface area contributed by atoms with Gasteiger partial charge in [-0.05, 0) is 31.5 Å². The predicted molar refractivity (Wildman–Crippen MR) is 69.8 cm³/mol. The Morgan fingerprint density at radius 2 is 2.06 bits per heavy atom. The van der Waals surface area contributed by atoms with Crippen molar-refractivity contribution >= 4 is 29.3 Å². The molecule has 2 N–H and O–H groups in total. The normalized spacial score (nSPS) is 11.6. The maximum absolute atomic E-state index is 11.6. The summed E-state index contributed by atoms with van der Waals surface area (Å²) in [7, 11) is 1.26. The number of rotatable bonds is 3. The van der Waals surface area contributed by atoms with Gasteiger partial charge in [-0.1, -0.05) is 17.7 Å². The van der Waals surface area contributed by atoms with Crippen LogP contribution in [0.2, 0.25) is 5.02 Å². The van der Waals surface area contributed by atoms with Crippen molar-refractivity contribution in [3.63, 3.8) is 0 Å². The summed E-state index contributed by atoms with van der Waals surface area (Å²) >= 11 is 5.83. The van der Waals surface area contributed by atoms with Gasteiger partial charge in [0.25, 0.3) is 0 Å². The third-order valence-electron chi connectivity index (χ3n) is 2.35. The van der Waals surface area contributed by atoms with Crippen molar-refractivity contribution in [2.75, 3.05) is 12.4 Å². The second-order valence-corrected chi connectivity index (χ2v) is 4.24. The summed E-state index contributed by atoms with van der Waals surface area (Å²) in [4.78, 5) is 22.8. The summed E-state index contributed by atoms with van der Waals surface area (Å²) in [6, 6.07) is 3.96. The van der Waals surface area contributed by atoms with Gasteiger partial charge in [0.2, 0.25) is 0 Å². The van der Waals surface area contributed by atoms with E-state index in [2.05, 4.69) is 15.4 Å². The van der Waals surface area contributed by atoms with E-state index in [4.69, 9.17) is 11.6 Å². The molecule has 0 saturated heterocycles. The molecule has 0 spiro atoms. The highest BCUT2D eigenvalue weighted by molar-refractivity contribution is 6.31. The van der Waals surface area contributed by atoms with E-state index in [1.54, 1.807) is 18.2 Å². The van der Waals surface area contributed by atoms with Gasteiger partial charge in [-0.15, -0.1) is 0 Å². The first-order valence-electron chi connectivity index (χ1n) is 5.35. The number of benzene rings is 1. The highest BCUT2D eigenvalue weighted by atomic mass is 35.5. The van der Waals surface area contributed by atoms with Gasteiger partial charge in [0.15, 0.2) is 0 Å².